The summed E-state index contributed by atoms with van der Waals surface area (Å²) in [5.41, 5.74) is 0.885. The fourth-order valence-corrected chi connectivity index (χ4v) is 3.83. The number of aliphatic hydroxyl groups is 3. The highest BCUT2D eigenvalue weighted by atomic mass is 16.7. The Morgan fingerprint density at radius 3 is 2.09 bits per heavy atom. The Kier molecular flexibility index (Phi) is 6.62. The van der Waals surface area contributed by atoms with Crippen LogP contribution in [0.5, 0.6) is 23.0 Å². The summed E-state index contributed by atoms with van der Waals surface area (Å²) in [5, 5.41) is 68.7. The van der Waals surface area contributed by atoms with Crippen molar-refractivity contribution in [3.63, 3.8) is 0 Å². The fraction of sp³-hybridized carbons (Fsp3) is 0.391. The molecule has 10 heteroatoms. The number of hydrogen-bond donors (Lipinski definition) is 7. The Labute approximate surface area is 188 Å². The first-order chi connectivity index (χ1) is 15.8. The first kappa shape index (κ1) is 23.1. The molecule has 0 spiro atoms. The van der Waals surface area contributed by atoms with Crippen molar-refractivity contribution in [1.82, 2.24) is 0 Å². The quantitative estimate of drug-likeness (QED) is 0.248. The Hall–Kier alpha value is -3.04. The molecule has 0 radical (unpaired) electrons. The molecule has 2 aromatic rings. The number of aliphatic hydroxyl groups excluding tert-OH is 3. The molecule has 0 aromatic heterocycles. The van der Waals surface area contributed by atoms with Gasteiger partial charge in [0, 0.05) is 12.0 Å². The van der Waals surface area contributed by atoms with Crippen LogP contribution in [0.15, 0.2) is 36.4 Å². The minimum atomic E-state index is -1.40. The van der Waals surface area contributed by atoms with E-state index in [2.05, 4.69) is 11.8 Å². The van der Waals surface area contributed by atoms with Crippen molar-refractivity contribution in [2.24, 2.45) is 0 Å². The zero-order valence-corrected chi connectivity index (χ0v) is 17.3. The normalized spacial score (nSPS) is 31.3. The predicted molar refractivity (Wildman–Crippen MR) is 111 cm³/mol. The minimum absolute atomic E-state index is 0.100. The molecule has 33 heavy (non-hydrogen) atoms. The zero-order chi connectivity index (χ0) is 23.7. The van der Waals surface area contributed by atoms with E-state index in [4.69, 9.17) is 14.2 Å². The minimum Gasteiger partial charge on any atom is -0.504 e. The molecule has 7 atom stereocenters. The van der Waals surface area contributed by atoms with Crippen LogP contribution in [0.4, 0.5) is 0 Å². The second-order valence-corrected chi connectivity index (χ2v) is 7.86. The van der Waals surface area contributed by atoms with Gasteiger partial charge in [0.05, 0.1) is 6.61 Å². The van der Waals surface area contributed by atoms with Gasteiger partial charge < -0.3 is 50.0 Å². The van der Waals surface area contributed by atoms with E-state index >= 15 is 0 Å². The summed E-state index contributed by atoms with van der Waals surface area (Å²) in [5.74, 6) is 4.49. The number of fused-ring (bicyclic) bond motifs is 1. The van der Waals surface area contributed by atoms with E-state index in [0.717, 1.165) is 0 Å². The number of ether oxygens (including phenoxy) is 3. The summed E-state index contributed by atoms with van der Waals surface area (Å²) in [7, 11) is 0. The number of phenols is 4. The molecule has 4 rings (SSSR count). The molecule has 0 amide bonds. The molecule has 2 saturated heterocycles. The highest BCUT2D eigenvalue weighted by Crippen LogP contribution is 2.40. The van der Waals surface area contributed by atoms with Gasteiger partial charge in [0.25, 0.3) is 0 Å². The summed E-state index contributed by atoms with van der Waals surface area (Å²) >= 11 is 0. The van der Waals surface area contributed by atoms with Gasteiger partial charge in [0.2, 0.25) is 0 Å². The number of benzene rings is 2. The van der Waals surface area contributed by atoms with Crippen LogP contribution in [0, 0.1) is 11.8 Å². The molecule has 2 aliphatic rings. The van der Waals surface area contributed by atoms with Crippen molar-refractivity contribution < 1.29 is 50.0 Å². The lowest BCUT2D eigenvalue weighted by Gasteiger charge is -2.48. The molecular weight excluding hydrogens is 436 g/mol. The number of phenolic OH excluding ortho intramolecular Hbond substituents is 4. The topological polar surface area (TPSA) is 169 Å². The Morgan fingerprint density at radius 1 is 0.758 bits per heavy atom. The Balaban J connectivity index is 1.61. The van der Waals surface area contributed by atoms with Crippen LogP contribution in [0.3, 0.4) is 0 Å². The summed E-state index contributed by atoms with van der Waals surface area (Å²) in [6, 6.07) is 8.24. The zero-order valence-electron chi connectivity index (χ0n) is 17.3. The molecule has 2 heterocycles. The second kappa shape index (κ2) is 9.44. The van der Waals surface area contributed by atoms with Gasteiger partial charge in [-0.2, -0.15) is 0 Å². The van der Waals surface area contributed by atoms with Crippen molar-refractivity contribution in [2.75, 3.05) is 6.61 Å². The van der Waals surface area contributed by atoms with E-state index in [1.807, 2.05) is 0 Å². The Bertz CT molecular complexity index is 1060. The Morgan fingerprint density at radius 2 is 1.42 bits per heavy atom. The van der Waals surface area contributed by atoms with Crippen LogP contribution in [0.25, 0.3) is 0 Å². The lowest BCUT2D eigenvalue weighted by Crippen LogP contribution is -2.63. The van der Waals surface area contributed by atoms with Crippen molar-refractivity contribution in [3.8, 4) is 34.8 Å². The maximum absolute atomic E-state index is 10.5. The van der Waals surface area contributed by atoms with Crippen molar-refractivity contribution >= 4 is 0 Å². The van der Waals surface area contributed by atoms with Crippen molar-refractivity contribution in [2.45, 2.75) is 49.3 Å². The van der Waals surface area contributed by atoms with Gasteiger partial charge in [-0.05, 0) is 35.9 Å². The monoisotopic (exact) mass is 460 g/mol. The smallest absolute Gasteiger partial charge is 0.187 e. The summed E-state index contributed by atoms with van der Waals surface area (Å²) < 4.78 is 17.6. The summed E-state index contributed by atoms with van der Waals surface area (Å²) in [4.78, 5) is 0. The van der Waals surface area contributed by atoms with E-state index in [-0.39, 0.29) is 29.4 Å². The molecule has 2 aliphatic heterocycles. The van der Waals surface area contributed by atoms with Gasteiger partial charge in [-0.3, -0.25) is 0 Å². The van der Waals surface area contributed by atoms with Gasteiger partial charge in [-0.1, -0.05) is 17.9 Å². The average molecular weight is 460 g/mol. The third-order valence-corrected chi connectivity index (χ3v) is 5.61. The maximum Gasteiger partial charge on any atom is 0.187 e. The van der Waals surface area contributed by atoms with Crippen LogP contribution >= 0.6 is 0 Å². The van der Waals surface area contributed by atoms with E-state index in [1.54, 1.807) is 0 Å². The van der Waals surface area contributed by atoms with Gasteiger partial charge >= 0.3 is 0 Å². The van der Waals surface area contributed by atoms with Gasteiger partial charge in [-0.25, -0.2) is 0 Å². The van der Waals surface area contributed by atoms with Gasteiger partial charge in [0.15, 0.2) is 29.3 Å². The predicted octanol–water partition coefficient (Wildman–Crippen LogP) is 0.215. The van der Waals surface area contributed by atoms with Crippen LogP contribution < -0.4 is 0 Å². The molecule has 2 aromatic carbocycles. The van der Waals surface area contributed by atoms with Gasteiger partial charge in [0.1, 0.15) is 36.6 Å². The summed E-state index contributed by atoms with van der Waals surface area (Å²) in [6.45, 7) is -0.533. The number of aromatic hydroxyl groups is 4. The van der Waals surface area contributed by atoms with Crippen molar-refractivity contribution in [1.29, 1.82) is 0 Å². The van der Waals surface area contributed by atoms with Crippen LogP contribution in [0.1, 0.15) is 23.7 Å². The van der Waals surface area contributed by atoms with E-state index < -0.39 is 49.5 Å². The fourth-order valence-electron chi connectivity index (χ4n) is 3.83. The molecular formula is C23H24O10. The maximum atomic E-state index is 10.5. The molecule has 7 N–H and O–H groups in total. The molecule has 0 unspecified atom stereocenters. The highest BCUT2D eigenvalue weighted by Gasteiger charge is 2.51. The number of rotatable bonds is 3. The molecule has 2 fully saturated rings. The third-order valence-electron chi connectivity index (χ3n) is 5.61. The van der Waals surface area contributed by atoms with Crippen LogP contribution in [0.2, 0.25) is 0 Å². The number of hydrogen-bond acceptors (Lipinski definition) is 10. The highest BCUT2D eigenvalue weighted by molar-refractivity contribution is 5.47. The van der Waals surface area contributed by atoms with E-state index in [0.29, 0.717) is 11.1 Å². The molecule has 0 aliphatic carbocycles. The lowest BCUT2D eigenvalue weighted by molar-refractivity contribution is -0.367. The van der Waals surface area contributed by atoms with E-state index in [1.165, 1.54) is 36.4 Å². The SMILES string of the molecule is OC[C@H]1O[C@H]2O[C@@H](CC#Cc3ccc(O)c(O)c3)[C@H](c3ccc(O)c(O)c3)O[C@@H]2[C@@H](O)[C@@H]1O. The van der Waals surface area contributed by atoms with Gasteiger partial charge in [-0.15, -0.1) is 0 Å². The third kappa shape index (κ3) is 4.69. The van der Waals surface area contributed by atoms with Crippen LogP contribution in [-0.2, 0) is 14.2 Å². The summed E-state index contributed by atoms with van der Waals surface area (Å²) in [6.07, 6.45) is -7.54. The van der Waals surface area contributed by atoms with Crippen molar-refractivity contribution in [3.05, 3.63) is 47.5 Å². The largest absolute Gasteiger partial charge is 0.504 e. The first-order valence-electron chi connectivity index (χ1n) is 10.2. The standard InChI is InChI=1S/C23H24O10/c24-10-18-19(29)20(30)22-23(32-18)31-17(3-1-2-11-4-6-13(25)15(27)8-11)21(33-22)12-5-7-14(26)16(28)9-12/h4-9,17-30H,3,10H2/t17-,18+,19+,20-,21-,22+,23+/m0/s1. The molecule has 0 bridgehead atoms. The first-order valence-corrected chi connectivity index (χ1v) is 10.2. The lowest BCUT2D eigenvalue weighted by atomic mass is 9.94. The van der Waals surface area contributed by atoms with Crippen LogP contribution in [-0.4, -0.2) is 79.2 Å². The molecule has 176 valence electrons. The molecule has 0 saturated carbocycles. The average Bonchev–Trinajstić information content (AvgIpc) is 2.80. The van der Waals surface area contributed by atoms with E-state index in [9.17, 15) is 35.7 Å². The second-order valence-electron chi connectivity index (χ2n) is 7.86. The molecule has 10 nitrogen and oxygen atoms in total.